The minimum absolute atomic E-state index is 0.447. The van der Waals surface area contributed by atoms with Gasteiger partial charge in [-0.3, -0.25) is 0 Å². The highest BCUT2D eigenvalue weighted by molar-refractivity contribution is 7.98. The highest BCUT2D eigenvalue weighted by Gasteiger charge is 2.07. The smallest absolute Gasteiger partial charge is 0.257 e. The first-order valence-corrected chi connectivity index (χ1v) is 9.40. The Hall–Kier alpha value is -2.44. The fourth-order valence-corrected chi connectivity index (χ4v) is 3.41. The van der Waals surface area contributed by atoms with E-state index in [1.807, 2.05) is 48.1 Å². The van der Waals surface area contributed by atoms with Gasteiger partial charge < -0.3 is 13.7 Å². The van der Waals surface area contributed by atoms with Crippen LogP contribution >= 0.6 is 23.4 Å². The minimum atomic E-state index is 0.447. The van der Waals surface area contributed by atoms with E-state index in [9.17, 15) is 0 Å². The van der Waals surface area contributed by atoms with Crippen LogP contribution < -0.4 is 4.74 Å². The molecule has 2 heterocycles. The van der Waals surface area contributed by atoms with E-state index in [2.05, 4.69) is 9.97 Å². The number of halogens is 1. The van der Waals surface area contributed by atoms with E-state index in [0.717, 1.165) is 28.4 Å². The fraction of sp³-hybridized carbons (Fsp3) is 0.158. The molecule has 0 fully saturated rings. The third kappa shape index (κ3) is 3.86. The highest BCUT2D eigenvalue weighted by atomic mass is 35.5. The lowest BCUT2D eigenvalue weighted by atomic mass is 10.2. The molecule has 0 aliphatic rings. The Labute approximate surface area is 160 Å². The first kappa shape index (κ1) is 17.0. The van der Waals surface area contributed by atoms with Gasteiger partial charge in [0.25, 0.3) is 5.22 Å². The van der Waals surface area contributed by atoms with Gasteiger partial charge in [0, 0.05) is 30.2 Å². The van der Waals surface area contributed by atoms with Gasteiger partial charge in [0.1, 0.15) is 23.7 Å². The molecule has 7 heteroatoms. The molecule has 0 saturated carbocycles. The van der Waals surface area contributed by atoms with Gasteiger partial charge in [0.2, 0.25) is 0 Å². The van der Waals surface area contributed by atoms with Gasteiger partial charge in [-0.1, -0.05) is 35.5 Å². The van der Waals surface area contributed by atoms with Crippen molar-refractivity contribution in [3.63, 3.8) is 0 Å². The van der Waals surface area contributed by atoms with E-state index in [0.29, 0.717) is 16.9 Å². The van der Waals surface area contributed by atoms with Crippen molar-refractivity contribution in [1.82, 2.24) is 14.5 Å². The Morgan fingerprint density at radius 2 is 2.04 bits per heavy atom. The van der Waals surface area contributed by atoms with Crippen LogP contribution in [-0.2, 0) is 19.4 Å². The SMILES string of the molecule is Cn1ccnc1COc1ccc(CSc2nc3cc(Cl)ccc3o2)cc1. The number of oxazole rings is 1. The third-order valence-electron chi connectivity index (χ3n) is 3.90. The number of hydrogen-bond acceptors (Lipinski definition) is 5. The molecule has 0 spiro atoms. The second kappa shape index (κ2) is 7.43. The number of fused-ring (bicyclic) bond motifs is 1. The van der Waals surface area contributed by atoms with Crippen LogP contribution in [0.2, 0.25) is 5.02 Å². The van der Waals surface area contributed by atoms with Gasteiger partial charge >= 0.3 is 0 Å². The predicted octanol–water partition coefficient (Wildman–Crippen LogP) is 5.09. The quantitative estimate of drug-likeness (QED) is 0.433. The van der Waals surface area contributed by atoms with E-state index in [1.54, 1.807) is 30.1 Å². The number of aryl methyl sites for hydroxylation is 1. The van der Waals surface area contributed by atoms with Crippen molar-refractivity contribution in [2.45, 2.75) is 17.6 Å². The maximum Gasteiger partial charge on any atom is 0.257 e. The molecule has 0 aliphatic carbocycles. The second-order valence-corrected chi connectivity index (χ2v) is 7.13. The van der Waals surface area contributed by atoms with Gasteiger partial charge in [0.15, 0.2) is 5.58 Å². The van der Waals surface area contributed by atoms with Crippen LogP contribution in [0.4, 0.5) is 0 Å². The van der Waals surface area contributed by atoms with Crippen molar-refractivity contribution in [2.75, 3.05) is 0 Å². The molecule has 0 saturated heterocycles. The van der Waals surface area contributed by atoms with Crippen LogP contribution in [0.1, 0.15) is 11.4 Å². The zero-order chi connectivity index (χ0) is 17.9. The van der Waals surface area contributed by atoms with Crippen LogP contribution in [0, 0.1) is 0 Å². The van der Waals surface area contributed by atoms with Crippen molar-refractivity contribution in [3.8, 4) is 5.75 Å². The van der Waals surface area contributed by atoms with Crippen LogP contribution in [0.3, 0.4) is 0 Å². The Bertz CT molecular complexity index is 1030. The summed E-state index contributed by atoms with van der Waals surface area (Å²) in [6, 6.07) is 13.4. The van der Waals surface area contributed by atoms with Crippen LogP contribution in [0.25, 0.3) is 11.1 Å². The van der Waals surface area contributed by atoms with Crippen molar-refractivity contribution < 1.29 is 9.15 Å². The fourth-order valence-electron chi connectivity index (χ4n) is 2.45. The van der Waals surface area contributed by atoms with Gasteiger partial charge in [-0.05, 0) is 35.9 Å². The average molecular weight is 386 g/mol. The maximum absolute atomic E-state index is 5.98. The van der Waals surface area contributed by atoms with Gasteiger partial charge in [-0.2, -0.15) is 0 Å². The summed E-state index contributed by atoms with van der Waals surface area (Å²) in [5.74, 6) is 2.47. The van der Waals surface area contributed by atoms with Crippen LogP contribution in [0.15, 0.2) is 64.5 Å². The molecular weight excluding hydrogens is 370 g/mol. The number of thioether (sulfide) groups is 1. The predicted molar refractivity (Wildman–Crippen MR) is 103 cm³/mol. The molecule has 4 aromatic rings. The maximum atomic E-state index is 5.98. The number of rotatable bonds is 6. The summed E-state index contributed by atoms with van der Waals surface area (Å²) in [6.45, 7) is 0.447. The Morgan fingerprint density at radius 3 is 2.81 bits per heavy atom. The van der Waals surface area contributed by atoms with Crippen LogP contribution in [-0.4, -0.2) is 14.5 Å². The summed E-state index contributed by atoms with van der Waals surface area (Å²) in [6.07, 6.45) is 3.66. The monoisotopic (exact) mass is 385 g/mol. The lowest BCUT2D eigenvalue weighted by Gasteiger charge is -2.07. The molecule has 0 bridgehead atoms. The Kier molecular flexibility index (Phi) is 4.86. The molecule has 0 amide bonds. The zero-order valence-electron chi connectivity index (χ0n) is 14.1. The topological polar surface area (TPSA) is 53.1 Å². The molecule has 0 atom stereocenters. The highest BCUT2D eigenvalue weighted by Crippen LogP contribution is 2.28. The second-order valence-electron chi connectivity index (χ2n) is 5.77. The molecule has 26 heavy (non-hydrogen) atoms. The molecule has 132 valence electrons. The molecular formula is C19H16ClN3O2S. The molecule has 0 N–H and O–H groups in total. The summed E-state index contributed by atoms with van der Waals surface area (Å²) >= 11 is 7.53. The van der Waals surface area contributed by atoms with Crippen molar-refractivity contribution in [2.24, 2.45) is 7.05 Å². The molecule has 0 aliphatic heterocycles. The zero-order valence-corrected chi connectivity index (χ0v) is 15.6. The standard InChI is InChI=1S/C19H16ClN3O2S/c1-23-9-8-21-18(23)11-24-15-5-2-13(3-6-15)12-26-19-22-16-10-14(20)4-7-17(16)25-19/h2-10H,11-12H2,1H3. The summed E-state index contributed by atoms with van der Waals surface area (Å²) in [4.78, 5) is 8.69. The molecule has 2 aromatic heterocycles. The number of hydrogen-bond donors (Lipinski definition) is 0. The number of aromatic nitrogens is 3. The summed E-state index contributed by atoms with van der Waals surface area (Å²) in [5.41, 5.74) is 2.69. The third-order valence-corrected chi connectivity index (χ3v) is 5.04. The first-order chi connectivity index (χ1) is 12.7. The number of imidazole rings is 1. The van der Waals surface area contributed by atoms with Crippen LogP contribution in [0.5, 0.6) is 5.75 Å². The Morgan fingerprint density at radius 1 is 1.19 bits per heavy atom. The summed E-state index contributed by atoms with van der Waals surface area (Å²) in [7, 11) is 1.95. The van der Waals surface area contributed by atoms with E-state index in [1.165, 1.54) is 5.56 Å². The van der Waals surface area contributed by atoms with Gasteiger partial charge in [-0.15, -0.1) is 0 Å². The van der Waals surface area contributed by atoms with Crippen molar-refractivity contribution in [1.29, 1.82) is 0 Å². The molecule has 5 nitrogen and oxygen atoms in total. The molecule has 4 rings (SSSR count). The lowest BCUT2D eigenvalue weighted by molar-refractivity contribution is 0.292. The number of benzene rings is 2. The van der Waals surface area contributed by atoms with Gasteiger partial charge in [0.05, 0.1) is 0 Å². The molecule has 0 unspecified atom stereocenters. The van der Waals surface area contributed by atoms with E-state index in [-0.39, 0.29) is 0 Å². The van der Waals surface area contributed by atoms with E-state index < -0.39 is 0 Å². The first-order valence-electron chi connectivity index (χ1n) is 8.04. The largest absolute Gasteiger partial charge is 0.486 e. The minimum Gasteiger partial charge on any atom is -0.486 e. The number of ether oxygens (including phenoxy) is 1. The van der Waals surface area contributed by atoms with Crippen molar-refractivity contribution >= 4 is 34.5 Å². The molecule has 0 radical (unpaired) electrons. The van der Waals surface area contributed by atoms with Gasteiger partial charge in [-0.25, -0.2) is 9.97 Å². The lowest BCUT2D eigenvalue weighted by Crippen LogP contribution is -2.02. The molecule has 2 aromatic carbocycles. The summed E-state index contributed by atoms with van der Waals surface area (Å²) in [5, 5.41) is 1.29. The van der Waals surface area contributed by atoms with E-state index >= 15 is 0 Å². The summed E-state index contributed by atoms with van der Waals surface area (Å²) < 4.78 is 13.4. The van der Waals surface area contributed by atoms with Crippen molar-refractivity contribution in [3.05, 3.63) is 71.3 Å². The number of nitrogens with zero attached hydrogens (tertiary/aromatic N) is 3. The normalized spacial score (nSPS) is 11.2. The van der Waals surface area contributed by atoms with E-state index in [4.69, 9.17) is 20.8 Å². The average Bonchev–Trinajstić information content (AvgIpc) is 3.24. The Balaban J connectivity index is 1.35.